The van der Waals surface area contributed by atoms with Gasteiger partial charge in [-0.2, -0.15) is 0 Å². The van der Waals surface area contributed by atoms with E-state index in [1.54, 1.807) is 12.3 Å². The molecule has 0 amide bonds. The minimum absolute atomic E-state index is 0.0203. The van der Waals surface area contributed by atoms with Crippen LogP contribution in [0.4, 0.5) is 0 Å². The number of hydrogen-bond donors (Lipinski definition) is 1. The lowest BCUT2D eigenvalue weighted by Gasteiger charge is -2.03. The van der Waals surface area contributed by atoms with Gasteiger partial charge in [-0.3, -0.25) is 4.79 Å². The summed E-state index contributed by atoms with van der Waals surface area (Å²) in [6.45, 7) is 0. The predicted molar refractivity (Wildman–Crippen MR) is 70.0 cm³/mol. The average Bonchev–Trinajstić information content (AvgIpc) is 2.38. The maximum Gasteiger partial charge on any atom is 0.182 e. The van der Waals surface area contributed by atoms with Gasteiger partial charge in [0, 0.05) is 24.0 Å². The van der Waals surface area contributed by atoms with Crippen LogP contribution in [0.3, 0.4) is 0 Å². The van der Waals surface area contributed by atoms with E-state index in [2.05, 4.69) is 29.2 Å². The van der Waals surface area contributed by atoms with Crippen LogP contribution in [0.1, 0.15) is 0 Å². The second-order valence-corrected chi connectivity index (χ2v) is 4.00. The van der Waals surface area contributed by atoms with Crippen LogP contribution in [0.25, 0.3) is 22.0 Å². The highest BCUT2D eigenvalue weighted by atomic mass is 16.1. The number of nitrogens with one attached hydrogen (secondary N) is 1. The zero-order chi connectivity index (χ0) is 11.7. The fourth-order valence-corrected chi connectivity index (χ4v) is 1.97. The SMILES string of the molecule is O=c1cc[nH]c(-c2ccc3ccccc3c2)c1. The molecule has 17 heavy (non-hydrogen) atoms. The zero-order valence-electron chi connectivity index (χ0n) is 9.18. The number of hydrogen-bond acceptors (Lipinski definition) is 1. The number of benzene rings is 2. The molecule has 1 heterocycles. The van der Waals surface area contributed by atoms with Crippen LogP contribution in [0.15, 0.2) is 65.6 Å². The van der Waals surface area contributed by atoms with Crippen LogP contribution in [0.2, 0.25) is 0 Å². The van der Waals surface area contributed by atoms with E-state index in [9.17, 15) is 4.79 Å². The van der Waals surface area contributed by atoms with Crippen molar-refractivity contribution in [2.75, 3.05) is 0 Å². The summed E-state index contributed by atoms with van der Waals surface area (Å²) in [5.74, 6) is 0. The second kappa shape index (κ2) is 3.91. The van der Waals surface area contributed by atoms with Crippen molar-refractivity contribution >= 4 is 10.8 Å². The molecule has 0 atom stereocenters. The number of pyridine rings is 1. The van der Waals surface area contributed by atoms with Gasteiger partial charge in [0.1, 0.15) is 0 Å². The van der Waals surface area contributed by atoms with Gasteiger partial charge in [0.2, 0.25) is 0 Å². The Balaban J connectivity index is 2.21. The van der Waals surface area contributed by atoms with Gasteiger partial charge in [-0.15, -0.1) is 0 Å². The van der Waals surface area contributed by atoms with Crippen molar-refractivity contribution in [2.45, 2.75) is 0 Å². The zero-order valence-corrected chi connectivity index (χ0v) is 9.18. The van der Waals surface area contributed by atoms with Crippen molar-refractivity contribution < 1.29 is 0 Å². The Morgan fingerprint density at radius 3 is 2.47 bits per heavy atom. The fourth-order valence-electron chi connectivity index (χ4n) is 1.97. The normalized spacial score (nSPS) is 10.6. The Morgan fingerprint density at radius 1 is 0.824 bits per heavy atom. The molecular weight excluding hydrogens is 210 g/mol. The van der Waals surface area contributed by atoms with Crippen molar-refractivity contribution in [3.05, 3.63) is 71.0 Å². The summed E-state index contributed by atoms with van der Waals surface area (Å²) in [6.07, 6.45) is 1.67. The smallest absolute Gasteiger partial charge is 0.182 e. The highest BCUT2D eigenvalue weighted by Crippen LogP contribution is 2.21. The van der Waals surface area contributed by atoms with Gasteiger partial charge in [0.25, 0.3) is 0 Å². The largest absolute Gasteiger partial charge is 0.361 e. The van der Waals surface area contributed by atoms with Gasteiger partial charge < -0.3 is 4.98 Å². The first-order valence-corrected chi connectivity index (χ1v) is 5.51. The third-order valence-electron chi connectivity index (χ3n) is 2.83. The monoisotopic (exact) mass is 221 g/mol. The van der Waals surface area contributed by atoms with Crippen molar-refractivity contribution in [1.29, 1.82) is 0 Å². The van der Waals surface area contributed by atoms with Gasteiger partial charge in [0.05, 0.1) is 0 Å². The molecule has 0 aliphatic rings. The quantitative estimate of drug-likeness (QED) is 0.672. The third kappa shape index (κ3) is 1.85. The van der Waals surface area contributed by atoms with E-state index in [0.717, 1.165) is 11.3 Å². The Labute approximate surface area is 98.6 Å². The molecule has 0 spiro atoms. The van der Waals surface area contributed by atoms with Crippen molar-refractivity contribution in [2.24, 2.45) is 0 Å². The number of rotatable bonds is 1. The molecule has 1 N–H and O–H groups in total. The molecule has 0 saturated carbocycles. The van der Waals surface area contributed by atoms with Crippen molar-refractivity contribution in [3.8, 4) is 11.3 Å². The van der Waals surface area contributed by atoms with Crippen LogP contribution in [0, 0.1) is 0 Å². The number of H-pyrrole nitrogens is 1. The van der Waals surface area contributed by atoms with Crippen molar-refractivity contribution in [1.82, 2.24) is 4.98 Å². The Bertz CT molecular complexity index is 728. The van der Waals surface area contributed by atoms with Gasteiger partial charge in [0.15, 0.2) is 5.43 Å². The van der Waals surface area contributed by atoms with Crippen LogP contribution < -0.4 is 5.43 Å². The van der Waals surface area contributed by atoms with Gasteiger partial charge in [-0.05, 0) is 22.4 Å². The van der Waals surface area contributed by atoms with E-state index < -0.39 is 0 Å². The van der Waals surface area contributed by atoms with E-state index in [1.165, 1.54) is 16.8 Å². The van der Waals surface area contributed by atoms with Gasteiger partial charge in [-0.25, -0.2) is 0 Å². The van der Waals surface area contributed by atoms with Crippen LogP contribution in [0.5, 0.6) is 0 Å². The maximum atomic E-state index is 11.3. The number of fused-ring (bicyclic) bond motifs is 1. The number of aromatic amines is 1. The van der Waals surface area contributed by atoms with Crippen LogP contribution >= 0.6 is 0 Å². The Kier molecular flexibility index (Phi) is 2.26. The first-order chi connectivity index (χ1) is 8.33. The van der Waals surface area contributed by atoms with E-state index in [4.69, 9.17) is 0 Å². The standard InChI is InChI=1S/C15H11NO/c17-14-7-8-16-15(10-14)13-6-5-11-3-1-2-4-12(11)9-13/h1-10H,(H,16,17). The van der Waals surface area contributed by atoms with E-state index >= 15 is 0 Å². The fraction of sp³-hybridized carbons (Fsp3) is 0. The summed E-state index contributed by atoms with van der Waals surface area (Å²) in [7, 11) is 0. The first-order valence-electron chi connectivity index (χ1n) is 5.51. The molecule has 2 heteroatoms. The lowest BCUT2D eigenvalue weighted by Crippen LogP contribution is -1.97. The molecule has 2 nitrogen and oxygen atoms in total. The molecule has 2 aromatic carbocycles. The van der Waals surface area contributed by atoms with E-state index in [0.29, 0.717) is 0 Å². The Morgan fingerprint density at radius 2 is 1.65 bits per heavy atom. The molecule has 0 radical (unpaired) electrons. The molecule has 0 unspecified atom stereocenters. The summed E-state index contributed by atoms with van der Waals surface area (Å²) >= 11 is 0. The second-order valence-electron chi connectivity index (χ2n) is 4.00. The average molecular weight is 221 g/mol. The predicted octanol–water partition coefficient (Wildman–Crippen LogP) is 3.20. The summed E-state index contributed by atoms with van der Waals surface area (Å²) < 4.78 is 0. The highest BCUT2D eigenvalue weighted by molar-refractivity contribution is 5.86. The molecule has 0 aliphatic carbocycles. The highest BCUT2D eigenvalue weighted by Gasteiger charge is 1.99. The summed E-state index contributed by atoms with van der Waals surface area (Å²) in [4.78, 5) is 14.4. The van der Waals surface area contributed by atoms with Gasteiger partial charge >= 0.3 is 0 Å². The van der Waals surface area contributed by atoms with Crippen molar-refractivity contribution in [3.63, 3.8) is 0 Å². The molecule has 3 aromatic rings. The number of aromatic nitrogens is 1. The lowest BCUT2D eigenvalue weighted by molar-refractivity contribution is 1.31. The molecule has 0 bridgehead atoms. The maximum absolute atomic E-state index is 11.3. The minimum atomic E-state index is 0.0203. The summed E-state index contributed by atoms with van der Waals surface area (Å²) in [5.41, 5.74) is 1.90. The topological polar surface area (TPSA) is 32.9 Å². The molecule has 3 rings (SSSR count). The molecule has 0 fully saturated rings. The summed E-state index contributed by atoms with van der Waals surface area (Å²) in [6, 6.07) is 17.5. The molecule has 0 saturated heterocycles. The Hall–Kier alpha value is -2.35. The molecular formula is C15H11NO. The lowest BCUT2D eigenvalue weighted by atomic mass is 10.0. The van der Waals surface area contributed by atoms with E-state index in [-0.39, 0.29) is 5.43 Å². The molecule has 0 aliphatic heterocycles. The summed E-state index contributed by atoms with van der Waals surface area (Å²) in [5, 5.41) is 2.38. The van der Waals surface area contributed by atoms with Gasteiger partial charge in [-0.1, -0.05) is 36.4 Å². The third-order valence-corrected chi connectivity index (χ3v) is 2.83. The minimum Gasteiger partial charge on any atom is -0.361 e. The van der Waals surface area contributed by atoms with Crippen LogP contribution in [-0.4, -0.2) is 4.98 Å². The van der Waals surface area contributed by atoms with Crippen LogP contribution in [-0.2, 0) is 0 Å². The molecule has 82 valence electrons. The molecule has 1 aromatic heterocycles. The first kappa shape index (κ1) is 9.85. The van der Waals surface area contributed by atoms with E-state index in [1.807, 2.05) is 18.2 Å².